The fourth-order valence-corrected chi connectivity index (χ4v) is 2.09. The molecule has 20 heavy (non-hydrogen) atoms. The minimum Gasteiger partial charge on any atom is -0.480 e. The van der Waals surface area contributed by atoms with Crippen LogP contribution in [0.15, 0.2) is 41.3 Å². The maximum absolute atomic E-state index is 12.0. The van der Waals surface area contributed by atoms with Crippen molar-refractivity contribution in [2.75, 3.05) is 0 Å². The lowest BCUT2D eigenvalue weighted by atomic mass is 10.1. The van der Waals surface area contributed by atoms with Crippen LogP contribution >= 0.6 is 15.9 Å². The average Bonchev–Trinajstić information content (AvgIpc) is 2.90. The highest BCUT2D eigenvalue weighted by Crippen LogP contribution is 2.12. The average molecular weight is 338 g/mol. The predicted molar refractivity (Wildman–Crippen MR) is 75.3 cm³/mol. The van der Waals surface area contributed by atoms with Gasteiger partial charge in [-0.2, -0.15) is 0 Å². The van der Waals surface area contributed by atoms with Gasteiger partial charge >= 0.3 is 5.97 Å². The molecule has 0 aliphatic heterocycles. The standard InChI is InChI=1S/C13H12BrN3O3/c14-9-3-1-2-8(4-9)12(18)17-11(13(19)20)5-10-6-15-7-16-10/h1-4,6-7,11H,5H2,(H,15,16)(H,17,18)(H,19,20)/t11-/m1/s1. The summed E-state index contributed by atoms with van der Waals surface area (Å²) in [5.74, 6) is -1.53. The molecule has 1 atom stereocenters. The SMILES string of the molecule is O=C(N[C@H](Cc1cnc[nH]1)C(=O)O)c1cccc(Br)c1. The van der Waals surface area contributed by atoms with Gasteiger partial charge in [-0.25, -0.2) is 9.78 Å². The lowest BCUT2D eigenvalue weighted by molar-refractivity contribution is -0.139. The maximum atomic E-state index is 12.0. The normalized spacial score (nSPS) is 11.8. The van der Waals surface area contributed by atoms with Gasteiger partial charge in [0.05, 0.1) is 6.33 Å². The zero-order chi connectivity index (χ0) is 14.5. The van der Waals surface area contributed by atoms with E-state index in [1.54, 1.807) is 24.3 Å². The number of aromatic amines is 1. The predicted octanol–water partition coefficient (Wildman–Crippen LogP) is 1.60. The summed E-state index contributed by atoms with van der Waals surface area (Å²) in [6.45, 7) is 0. The van der Waals surface area contributed by atoms with Gasteiger partial charge in [-0.05, 0) is 18.2 Å². The molecule has 0 saturated heterocycles. The van der Waals surface area contributed by atoms with Crippen molar-refractivity contribution >= 4 is 27.8 Å². The highest BCUT2D eigenvalue weighted by molar-refractivity contribution is 9.10. The Labute approximate surface area is 123 Å². The molecule has 3 N–H and O–H groups in total. The number of nitrogens with one attached hydrogen (secondary N) is 2. The van der Waals surface area contributed by atoms with Crippen LogP contribution in [0.4, 0.5) is 0 Å². The molecule has 2 aromatic rings. The highest BCUT2D eigenvalue weighted by atomic mass is 79.9. The van der Waals surface area contributed by atoms with Crippen LogP contribution < -0.4 is 5.32 Å². The summed E-state index contributed by atoms with van der Waals surface area (Å²) in [6.07, 6.45) is 3.14. The third-order valence-corrected chi connectivity index (χ3v) is 3.16. The molecule has 7 heteroatoms. The van der Waals surface area contributed by atoms with Crippen LogP contribution in [0.2, 0.25) is 0 Å². The second-order valence-corrected chi connectivity index (χ2v) is 5.07. The Balaban J connectivity index is 2.08. The zero-order valence-corrected chi connectivity index (χ0v) is 11.9. The molecule has 6 nitrogen and oxygen atoms in total. The Kier molecular flexibility index (Phi) is 4.52. The third kappa shape index (κ3) is 3.67. The first kappa shape index (κ1) is 14.3. The zero-order valence-electron chi connectivity index (χ0n) is 10.3. The lowest BCUT2D eigenvalue weighted by Crippen LogP contribution is -2.42. The van der Waals surface area contributed by atoms with E-state index in [1.807, 2.05) is 0 Å². The first-order chi connectivity index (χ1) is 9.56. The first-order valence-electron chi connectivity index (χ1n) is 5.83. The van der Waals surface area contributed by atoms with E-state index in [0.29, 0.717) is 11.3 Å². The quantitative estimate of drug-likeness (QED) is 0.772. The van der Waals surface area contributed by atoms with Crippen molar-refractivity contribution in [2.45, 2.75) is 12.5 Å². The number of amides is 1. The number of aliphatic carboxylic acids is 1. The topological polar surface area (TPSA) is 95.1 Å². The van der Waals surface area contributed by atoms with Crippen LogP contribution in [0, 0.1) is 0 Å². The fraction of sp³-hybridized carbons (Fsp3) is 0.154. The van der Waals surface area contributed by atoms with Gasteiger partial charge < -0.3 is 15.4 Å². The maximum Gasteiger partial charge on any atom is 0.326 e. The molecule has 1 aromatic heterocycles. The van der Waals surface area contributed by atoms with Crippen molar-refractivity contribution in [3.8, 4) is 0 Å². The van der Waals surface area contributed by atoms with Crippen molar-refractivity contribution in [3.63, 3.8) is 0 Å². The fourth-order valence-electron chi connectivity index (χ4n) is 1.69. The minimum absolute atomic E-state index is 0.148. The molecule has 0 unspecified atom stereocenters. The number of H-pyrrole nitrogens is 1. The number of carboxylic acid groups (broad SMARTS) is 1. The lowest BCUT2D eigenvalue weighted by Gasteiger charge is -2.13. The van der Waals surface area contributed by atoms with E-state index in [4.69, 9.17) is 5.11 Å². The summed E-state index contributed by atoms with van der Waals surface area (Å²) >= 11 is 3.26. The van der Waals surface area contributed by atoms with Crippen LogP contribution in [0.3, 0.4) is 0 Å². The van der Waals surface area contributed by atoms with Gasteiger partial charge in [0.1, 0.15) is 6.04 Å². The summed E-state index contributed by atoms with van der Waals surface area (Å²) < 4.78 is 0.755. The van der Waals surface area contributed by atoms with Crippen LogP contribution in [-0.4, -0.2) is 33.0 Å². The number of carbonyl (C=O) groups is 2. The number of nitrogens with zero attached hydrogens (tertiary/aromatic N) is 1. The summed E-state index contributed by atoms with van der Waals surface area (Å²) in [5.41, 5.74) is 1.04. The molecule has 2 rings (SSSR count). The van der Waals surface area contributed by atoms with Gasteiger partial charge in [0.25, 0.3) is 5.91 Å². The van der Waals surface area contributed by atoms with E-state index >= 15 is 0 Å². The molecular weight excluding hydrogens is 326 g/mol. The molecule has 0 saturated carbocycles. The van der Waals surface area contributed by atoms with Crippen molar-refractivity contribution < 1.29 is 14.7 Å². The monoisotopic (exact) mass is 337 g/mol. The second kappa shape index (κ2) is 6.33. The molecule has 0 spiro atoms. The number of hydrogen-bond acceptors (Lipinski definition) is 3. The van der Waals surface area contributed by atoms with E-state index in [0.717, 1.165) is 4.47 Å². The molecule has 0 aliphatic carbocycles. The summed E-state index contributed by atoms with van der Waals surface area (Å²) in [5, 5.41) is 11.7. The molecule has 1 heterocycles. The third-order valence-electron chi connectivity index (χ3n) is 2.67. The van der Waals surface area contributed by atoms with E-state index < -0.39 is 17.9 Å². The smallest absolute Gasteiger partial charge is 0.326 e. The Morgan fingerprint density at radius 2 is 2.25 bits per heavy atom. The van der Waals surface area contributed by atoms with Crippen LogP contribution in [0.1, 0.15) is 16.1 Å². The molecule has 0 radical (unpaired) electrons. The van der Waals surface area contributed by atoms with E-state index in [9.17, 15) is 9.59 Å². The van der Waals surface area contributed by atoms with Gasteiger partial charge in [-0.1, -0.05) is 22.0 Å². The van der Waals surface area contributed by atoms with Gasteiger partial charge in [0.2, 0.25) is 0 Å². The second-order valence-electron chi connectivity index (χ2n) is 4.16. The number of rotatable bonds is 5. The summed E-state index contributed by atoms with van der Waals surface area (Å²) in [7, 11) is 0. The summed E-state index contributed by atoms with van der Waals surface area (Å²) in [6, 6.07) is 5.74. The minimum atomic E-state index is -1.09. The highest BCUT2D eigenvalue weighted by Gasteiger charge is 2.21. The Bertz CT molecular complexity index is 613. The van der Waals surface area contributed by atoms with Crippen molar-refractivity contribution in [2.24, 2.45) is 0 Å². The molecule has 0 bridgehead atoms. The number of imidazole rings is 1. The van der Waals surface area contributed by atoms with Crippen molar-refractivity contribution in [1.29, 1.82) is 0 Å². The van der Waals surface area contributed by atoms with E-state index in [2.05, 4.69) is 31.2 Å². The van der Waals surface area contributed by atoms with Crippen LogP contribution in [0.25, 0.3) is 0 Å². The van der Waals surface area contributed by atoms with Crippen LogP contribution in [-0.2, 0) is 11.2 Å². The largest absolute Gasteiger partial charge is 0.480 e. The van der Waals surface area contributed by atoms with Crippen molar-refractivity contribution in [1.82, 2.24) is 15.3 Å². The molecule has 0 aliphatic rings. The number of aromatic nitrogens is 2. The number of hydrogen-bond donors (Lipinski definition) is 3. The van der Waals surface area contributed by atoms with Crippen molar-refractivity contribution in [3.05, 3.63) is 52.5 Å². The van der Waals surface area contributed by atoms with Gasteiger partial charge in [-0.3, -0.25) is 4.79 Å². The van der Waals surface area contributed by atoms with Gasteiger partial charge in [0, 0.05) is 28.3 Å². The van der Waals surface area contributed by atoms with Gasteiger partial charge in [0.15, 0.2) is 0 Å². The van der Waals surface area contributed by atoms with E-state index in [1.165, 1.54) is 12.5 Å². The molecule has 0 fully saturated rings. The first-order valence-corrected chi connectivity index (χ1v) is 6.62. The number of carboxylic acids is 1. The van der Waals surface area contributed by atoms with Gasteiger partial charge in [-0.15, -0.1) is 0 Å². The number of halogens is 1. The molecular formula is C13H12BrN3O3. The molecule has 1 amide bonds. The summed E-state index contributed by atoms with van der Waals surface area (Å²) in [4.78, 5) is 29.8. The van der Waals surface area contributed by atoms with Crippen LogP contribution in [0.5, 0.6) is 0 Å². The van der Waals surface area contributed by atoms with E-state index in [-0.39, 0.29) is 6.42 Å². The Hall–Kier alpha value is -2.15. The molecule has 1 aromatic carbocycles. The Morgan fingerprint density at radius 3 is 2.85 bits per heavy atom. The molecule has 104 valence electrons. The Morgan fingerprint density at radius 1 is 1.45 bits per heavy atom. The number of benzene rings is 1. The number of carbonyl (C=O) groups excluding carboxylic acids is 1.